The fourth-order valence-corrected chi connectivity index (χ4v) is 5.46. The minimum absolute atomic E-state index is 0.377. The van der Waals surface area contributed by atoms with Crippen LogP contribution in [0.25, 0.3) is 0 Å². The molecule has 1 unspecified atom stereocenters. The van der Waals surface area contributed by atoms with Crippen LogP contribution in [0.5, 0.6) is 0 Å². The molecule has 1 aromatic carbocycles. The maximum absolute atomic E-state index is 9.88. The van der Waals surface area contributed by atoms with Crippen molar-refractivity contribution in [3.8, 4) is 0 Å². The van der Waals surface area contributed by atoms with Crippen molar-refractivity contribution in [3.05, 3.63) is 34.9 Å². The molecule has 3 nitrogen and oxygen atoms in total. The van der Waals surface area contributed by atoms with Crippen LogP contribution in [0.1, 0.15) is 32.8 Å². The maximum Gasteiger partial charge on any atom is 0.182 e. The van der Waals surface area contributed by atoms with Crippen LogP contribution in [0, 0.1) is 5.41 Å². The summed E-state index contributed by atoms with van der Waals surface area (Å²) in [5.41, 5.74) is 0.499. The number of hydrogen-bond donors (Lipinski definition) is 1. The number of aliphatic hydroxyl groups excluding tert-OH is 1. The lowest BCUT2D eigenvalue weighted by Crippen LogP contribution is -2.49. The molecule has 0 fully saturated rings. The maximum atomic E-state index is 9.88. The second kappa shape index (κ2) is 7.90. The molecule has 120 valence electrons. The van der Waals surface area contributed by atoms with Gasteiger partial charge in [0.2, 0.25) is 0 Å². The molecular formula is C15H27ClO3Si2. The predicted molar refractivity (Wildman–Crippen MR) is 94.2 cm³/mol. The third kappa shape index (κ3) is 4.18. The zero-order valence-corrected chi connectivity index (χ0v) is 17.2. The first-order valence-corrected chi connectivity index (χ1v) is 11.9. The minimum Gasteiger partial charge on any atom is -0.394 e. The van der Waals surface area contributed by atoms with Crippen molar-refractivity contribution in [1.29, 1.82) is 0 Å². The lowest BCUT2D eigenvalue weighted by atomic mass is 9.75. The van der Waals surface area contributed by atoms with Crippen LogP contribution in [-0.4, -0.2) is 30.7 Å². The van der Waals surface area contributed by atoms with Gasteiger partial charge >= 0.3 is 0 Å². The summed E-state index contributed by atoms with van der Waals surface area (Å²) in [5.74, 6) is -0.857. The van der Waals surface area contributed by atoms with Gasteiger partial charge in [0.25, 0.3) is 0 Å². The molecule has 6 heteroatoms. The van der Waals surface area contributed by atoms with Crippen molar-refractivity contribution in [3.63, 3.8) is 0 Å². The Morgan fingerprint density at radius 1 is 1.19 bits per heavy atom. The summed E-state index contributed by atoms with van der Waals surface area (Å²) in [6.45, 7) is 10.1. The Hall–Kier alpha value is -0.176. The molecule has 1 atom stereocenters. The van der Waals surface area contributed by atoms with Gasteiger partial charge in [0.05, 0.1) is 6.10 Å². The fourth-order valence-electron chi connectivity index (χ4n) is 2.96. The van der Waals surface area contributed by atoms with E-state index in [1.165, 1.54) is 0 Å². The first kappa shape index (κ1) is 18.9. The van der Waals surface area contributed by atoms with Crippen molar-refractivity contribution in [1.82, 2.24) is 0 Å². The number of benzene rings is 1. The molecule has 1 aromatic rings. The monoisotopic (exact) mass is 346 g/mol. The lowest BCUT2D eigenvalue weighted by molar-refractivity contribution is -0.210. The zero-order valence-electron chi connectivity index (χ0n) is 13.6. The third-order valence-electron chi connectivity index (χ3n) is 3.62. The highest BCUT2D eigenvalue weighted by molar-refractivity contribution is 6.31. The first-order chi connectivity index (χ1) is 9.80. The third-order valence-corrected chi connectivity index (χ3v) is 5.34. The van der Waals surface area contributed by atoms with Crippen LogP contribution < -0.4 is 0 Å². The van der Waals surface area contributed by atoms with Crippen LogP contribution in [0.4, 0.5) is 0 Å². The summed E-state index contributed by atoms with van der Waals surface area (Å²) in [7, 11) is -1.45. The average Bonchev–Trinajstić information content (AvgIpc) is 2.37. The van der Waals surface area contributed by atoms with Crippen molar-refractivity contribution < 1.29 is 14.0 Å². The van der Waals surface area contributed by atoms with Gasteiger partial charge in [-0.2, -0.15) is 0 Å². The van der Waals surface area contributed by atoms with Gasteiger partial charge in [0.1, 0.15) is 0 Å². The normalized spacial score (nSPS) is 17.7. The van der Waals surface area contributed by atoms with Gasteiger partial charge in [-0.25, -0.2) is 0 Å². The van der Waals surface area contributed by atoms with E-state index in [0.29, 0.717) is 11.4 Å². The van der Waals surface area contributed by atoms with Gasteiger partial charge < -0.3 is 14.0 Å². The van der Waals surface area contributed by atoms with Crippen LogP contribution in [0.2, 0.25) is 18.1 Å². The van der Waals surface area contributed by atoms with Crippen molar-refractivity contribution in [2.24, 2.45) is 5.41 Å². The molecule has 0 saturated heterocycles. The van der Waals surface area contributed by atoms with Gasteiger partial charge in [-0.1, -0.05) is 56.7 Å². The van der Waals surface area contributed by atoms with E-state index in [1.807, 2.05) is 24.3 Å². The number of rotatable bonds is 8. The molecule has 0 radical (unpaired) electrons. The molecule has 0 aliphatic rings. The number of hydrogen-bond acceptors (Lipinski definition) is 3. The summed E-state index contributed by atoms with van der Waals surface area (Å²) in [6, 6.07) is 7.70. The van der Waals surface area contributed by atoms with E-state index in [-0.39, 0.29) is 5.41 Å². The van der Waals surface area contributed by atoms with E-state index in [0.717, 1.165) is 5.56 Å². The smallest absolute Gasteiger partial charge is 0.182 e. The molecule has 0 spiro atoms. The molecule has 0 saturated carbocycles. The van der Waals surface area contributed by atoms with E-state index in [1.54, 1.807) is 6.92 Å². The zero-order chi connectivity index (χ0) is 16.1. The molecule has 0 heterocycles. The quantitative estimate of drug-likeness (QED) is 0.581. The molecule has 21 heavy (non-hydrogen) atoms. The van der Waals surface area contributed by atoms with E-state index in [9.17, 15) is 5.11 Å². The highest BCUT2D eigenvalue weighted by atomic mass is 35.5. The van der Waals surface area contributed by atoms with E-state index < -0.39 is 31.4 Å². The largest absolute Gasteiger partial charge is 0.394 e. The first-order valence-electron chi connectivity index (χ1n) is 7.51. The summed E-state index contributed by atoms with van der Waals surface area (Å²) < 4.78 is 12.5. The fraction of sp³-hybridized carbons (Fsp3) is 0.600. The Labute approximate surface area is 137 Å². The molecule has 0 bridgehead atoms. The van der Waals surface area contributed by atoms with Crippen molar-refractivity contribution in [2.75, 3.05) is 0 Å². The summed E-state index contributed by atoms with van der Waals surface area (Å²) >= 11 is 6.43. The average molecular weight is 347 g/mol. The molecule has 0 aromatic heterocycles. The molecule has 0 amide bonds. The Balaban J connectivity index is 3.44. The van der Waals surface area contributed by atoms with Gasteiger partial charge in [0, 0.05) is 16.0 Å². The minimum atomic E-state index is -0.857. The van der Waals surface area contributed by atoms with E-state index in [4.69, 9.17) is 20.5 Å². The molecule has 0 aliphatic heterocycles. The Morgan fingerprint density at radius 3 is 2.14 bits per heavy atom. The van der Waals surface area contributed by atoms with Crippen molar-refractivity contribution >= 4 is 31.1 Å². The summed E-state index contributed by atoms with van der Waals surface area (Å²) in [6.07, 6.45) is 0.159. The van der Waals surface area contributed by atoms with Crippen LogP contribution in [0.3, 0.4) is 0 Å². The van der Waals surface area contributed by atoms with Gasteiger partial charge in [0.15, 0.2) is 25.3 Å². The Kier molecular flexibility index (Phi) is 7.10. The lowest BCUT2D eigenvalue weighted by Gasteiger charge is -2.48. The van der Waals surface area contributed by atoms with Gasteiger partial charge in [-0.15, -0.1) is 0 Å². The number of aliphatic hydroxyl groups is 1. The standard InChI is InChI=1S/C15H27ClO3Si2/c1-11(17)10-14(2,3)15(18-20-4,19-21-5)12-8-6-7-9-13(12)16/h6-9,11,17H,10,20-21H2,1-5H3. The van der Waals surface area contributed by atoms with Gasteiger partial charge in [-0.05, 0) is 19.4 Å². The molecule has 1 N–H and O–H groups in total. The Bertz CT molecular complexity index is 446. The molecule has 0 aliphatic carbocycles. The van der Waals surface area contributed by atoms with Gasteiger partial charge in [-0.3, -0.25) is 0 Å². The molecular weight excluding hydrogens is 320 g/mol. The predicted octanol–water partition coefficient (Wildman–Crippen LogP) is 2.59. The van der Waals surface area contributed by atoms with E-state index >= 15 is 0 Å². The second-order valence-corrected chi connectivity index (χ2v) is 8.04. The molecule has 1 rings (SSSR count). The number of halogens is 1. The summed E-state index contributed by atoms with van der Waals surface area (Å²) in [4.78, 5) is 0. The van der Waals surface area contributed by atoms with Crippen LogP contribution in [0.15, 0.2) is 24.3 Å². The van der Waals surface area contributed by atoms with Crippen LogP contribution >= 0.6 is 11.6 Å². The highest BCUT2D eigenvalue weighted by Gasteiger charge is 2.49. The topological polar surface area (TPSA) is 38.7 Å². The second-order valence-electron chi connectivity index (χ2n) is 5.90. The SMILES string of the molecule is C[SiH2]OC(O[SiH2]C)(c1ccccc1Cl)C(C)(C)CC(C)O. The van der Waals surface area contributed by atoms with Crippen molar-refractivity contribution in [2.45, 2.75) is 52.2 Å². The Morgan fingerprint density at radius 2 is 1.71 bits per heavy atom. The highest BCUT2D eigenvalue weighted by Crippen LogP contribution is 2.48. The van der Waals surface area contributed by atoms with E-state index in [2.05, 4.69) is 26.9 Å². The summed E-state index contributed by atoms with van der Waals surface area (Å²) in [5, 5.41) is 10.5. The van der Waals surface area contributed by atoms with Crippen LogP contribution in [-0.2, 0) is 14.6 Å².